The van der Waals surface area contributed by atoms with Crippen LogP contribution in [0.3, 0.4) is 0 Å². The van der Waals surface area contributed by atoms with Crippen molar-refractivity contribution in [1.29, 1.82) is 0 Å². The maximum Gasteiger partial charge on any atom is 0.128 e. The highest BCUT2D eigenvalue weighted by atomic mass is 16.5. The molecule has 0 aliphatic rings. The van der Waals surface area contributed by atoms with E-state index in [-0.39, 0.29) is 17.5 Å². The minimum absolute atomic E-state index is 0.0903. The van der Waals surface area contributed by atoms with Crippen LogP contribution >= 0.6 is 0 Å². The first-order valence-corrected chi connectivity index (χ1v) is 11.0. The number of aliphatic imine (C=N–C) groups is 2. The SMILES string of the molecule is CC(CN=Cc1ccc(OCCN(C)C)cc1O)N=Cc1ccc(OCCN(C)C)cc1O. The van der Waals surface area contributed by atoms with E-state index in [9.17, 15) is 10.2 Å². The first-order chi connectivity index (χ1) is 15.7. The first-order valence-electron chi connectivity index (χ1n) is 11.0. The Balaban J connectivity index is 1.85. The van der Waals surface area contributed by atoms with E-state index < -0.39 is 0 Å². The average Bonchev–Trinajstić information content (AvgIpc) is 2.74. The number of phenols is 2. The Morgan fingerprint density at radius 3 is 1.76 bits per heavy atom. The van der Waals surface area contributed by atoms with Crippen LogP contribution in [0, 0.1) is 0 Å². The molecule has 8 nitrogen and oxygen atoms in total. The Hall–Kier alpha value is -3.10. The molecule has 0 radical (unpaired) electrons. The van der Waals surface area contributed by atoms with Gasteiger partial charge in [-0.1, -0.05) is 0 Å². The van der Waals surface area contributed by atoms with Gasteiger partial charge in [-0.25, -0.2) is 0 Å². The number of ether oxygens (including phenoxy) is 2. The van der Waals surface area contributed by atoms with Crippen molar-refractivity contribution in [3.05, 3.63) is 47.5 Å². The molecule has 1 unspecified atom stereocenters. The van der Waals surface area contributed by atoms with Crippen LogP contribution in [0.4, 0.5) is 0 Å². The van der Waals surface area contributed by atoms with Crippen molar-refractivity contribution in [2.24, 2.45) is 9.98 Å². The monoisotopic (exact) mass is 456 g/mol. The Morgan fingerprint density at radius 1 is 0.818 bits per heavy atom. The zero-order chi connectivity index (χ0) is 24.2. The minimum atomic E-state index is -0.0903. The number of benzene rings is 2. The van der Waals surface area contributed by atoms with Gasteiger partial charge >= 0.3 is 0 Å². The number of nitrogens with zero attached hydrogens (tertiary/aromatic N) is 4. The fraction of sp³-hybridized carbons (Fsp3) is 0.440. The number of aromatic hydroxyl groups is 2. The van der Waals surface area contributed by atoms with Gasteiger partial charge < -0.3 is 29.5 Å². The third kappa shape index (κ3) is 9.93. The van der Waals surface area contributed by atoms with Crippen LogP contribution in [-0.2, 0) is 0 Å². The van der Waals surface area contributed by atoms with E-state index in [2.05, 4.69) is 9.98 Å². The van der Waals surface area contributed by atoms with Crippen molar-refractivity contribution >= 4 is 12.4 Å². The number of likely N-dealkylation sites (N-methyl/N-ethyl adjacent to an activating group) is 2. The zero-order valence-electron chi connectivity index (χ0n) is 20.2. The lowest BCUT2D eigenvalue weighted by Crippen LogP contribution is -2.19. The molecule has 2 N–H and O–H groups in total. The van der Waals surface area contributed by atoms with Gasteiger partial charge in [0.15, 0.2) is 0 Å². The first kappa shape index (κ1) is 26.2. The van der Waals surface area contributed by atoms with Gasteiger partial charge in [0.05, 0.1) is 12.6 Å². The van der Waals surface area contributed by atoms with Gasteiger partial charge in [-0.2, -0.15) is 0 Å². The van der Waals surface area contributed by atoms with E-state index in [1.165, 1.54) is 0 Å². The molecule has 0 spiro atoms. The molecule has 8 heteroatoms. The standard InChI is InChI=1S/C25H36N4O4/c1-19(27-18-21-7-9-23(15-25(21)31)33-13-11-29(4)5)16-26-17-20-6-8-22(14-24(20)30)32-12-10-28(2)3/h6-9,14-15,17-19,30-31H,10-13,16H2,1-5H3. The minimum Gasteiger partial charge on any atom is -0.507 e. The van der Waals surface area contributed by atoms with Gasteiger partial charge in [-0.15, -0.1) is 0 Å². The van der Waals surface area contributed by atoms with Gasteiger partial charge in [0, 0.05) is 48.8 Å². The van der Waals surface area contributed by atoms with E-state index in [1.807, 2.05) is 57.0 Å². The molecule has 0 fully saturated rings. The van der Waals surface area contributed by atoms with Crippen molar-refractivity contribution in [2.45, 2.75) is 13.0 Å². The summed E-state index contributed by atoms with van der Waals surface area (Å²) in [5.41, 5.74) is 1.24. The molecule has 33 heavy (non-hydrogen) atoms. The number of hydrogen-bond donors (Lipinski definition) is 2. The van der Waals surface area contributed by atoms with Crippen molar-refractivity contribution in [2.75, 3.05) is 61.0 Å². The molecular formula is C25H36N4O4. The predicted molar refractivity (Wildman–Crippen MR) is 134 cm³/mol. The smallest absolute Gasteiger partial charge is 0.128 e. The van der Waals surface area contributed by atoms with Crippen molar-refractivity contribution in [3.8, 4) is 23.0 Å². The largest absolute Gasteiger partial charge is 0.507 e. The van der Waals surface area contributed by atoms with Crippen LogP contribution in [0.25, 0.3) is 0 Å². The highest BCUT2D eigenvalue weighted by Crippen LogP contribution is 2.23. The molecule has 0 aromatic heterocycles. The van der Waals surface area contributed by atoms with Crippen molar-refractivity contribution in [1.82, 2.24) is 9.80 Å². The van der Waals surface area contributed by atoms with Gasteiger partial charge in [-0.3, -0.25) is 9.98 Å². The van der Waals surface area contributed by atoms with E-state index in [0.717, 1.165) is 13.1 Å². The van der Waals surface area contributed by atoms with Crippen LogP contribution in [0.5, 0.6) is 23.0 Å². The molecule has 0 saturated carbocycles. The summed E-state index contributed by atoms with van der Waals surface area (Å²) in [6, 6.07) is 10.3. The lowest BCUT2D eigenvalue weighted by Gasteiger charge is -2.11. The number of rotatable bonds is 13. The number of hydrogen-bond acceptors (Lipinski definition) is 8. The summed E-state index contributed by atoms with van der Waals surface area (Å²) >= 11 is 0. The average molecular weight is 457 g/mol. The normalized spacial score (nSPS) is 12.8. The molecule has 2 rings (SSSR count). The van der Waals surface area contributed by atoms with E-state index >= 15 is 0 Å². The Labute approximate surface area is 196 Å². The predicted octanol–water partition coefficient (Wildman–Crippen LogP) is 2.91. The highest BCUT2D eigenvalue weighted by Gasteiger charge is 2.05. The molecule has 2 aromatic rings. The lowest BCUT2D eigenvalue weighted by molar-refractivity contribution is 0.260. The molecule has 180 valence electrons. The maximum atomic E-state index is 10.2. The highest BCUT2D eigenvalue weighted by molar-refractivity contribution is 5.84. The second-order valence-corrected chi connectivity index (χ2v) is 8.37. The van der Waals surface area contributed by atoms with E-state index in [4.69, 9.17) is 9.47 Å². The van der Waals surface area contributed by atoms with Crippen molar-refractivity contribution < 1.29 is 19.7 Å². The van der Waals surface area contributed by atoms with Gasteiger partial charge in [-0.05, 0) is 59.4 Å². The summed E-state index contributed by atoms with van der Waals surface area (Å²) in [4.78, 5) is 12.9. The molecule has 0 saturated heterocycles. The van der Waals surface area contributed by atoms with Crippen LogP contribution < -0.4 is 9.47 Å². The molecule has 0 aliphatic heterocycles. The molecule has 0 heterocycles. The van der Waals surface area contributed by atoms with E-state index in [0.29, 0.717) is 42.4 Å². The van der Waals surface area contributed by atoms with Crippen LogP contribution in [0.1, 0.15) is 18.1 Å². The second kappa shape index (κ2) is 13.4. The van der Waals surface area contributed by atoms with Gasteiger partial charge in [0.25, 0.3) is 0 Å². The van der Waals surface area contributed by atoms with E-state index in [1.54, 1.807) is 36.7 Å². The van der Waals surface area contributed by atoms with Crippen molar-refractivity contribution in [3.63, 3.8) is 0 Å². The molecule has 1 atom stereocenters. The molecule has 0 aliphatic carbocycles. The summed E-state index contributed by atoms with van der Waals surface area (Å²) in [5.74, 6) is 1.49. The Morgan fingerprint density at radius 2 is 1.30 bits per heavy atom. The summed E-state index contributed by atoms with van der Waals surface area (Å²) in [6.45, 7) is 5.09. The topological polar surface area (TPSA) is 90.1 Å². The summed E-state index contributed by atoms with van der Waals surface area (Å²) in [5, 5.41) is 20.4. The fourth-order valence-corrected chi connectivity index (χ4v) is 2.70. The summed E-state index contributed by atoms with van der Waals surface area (Å²) in [6.07, 6.45) is 3.26. The third-order valence-corrected chi connectivity index (χ3v) is 4.69. The van der Waals surface area contributed by atoms with Gasteiger partial charge in [0.1, 0.15) is 36.2 Å². The summed E-state index contributed by atoms with van der Waals surface area (Å²) in [7, 11) is 7.92. The zero-order valence-corrected chi connectivity index (χ0v) is 20.2. The van der Waals surface area contributed by atoms with Gasteiger partial charge in [0.2, 0.25) is 0 Å². The maximum absolute atomic E-state index is 10.2. The quantitative estimate of drug-likeness (QED) is 0.451. The Kier molecular flexibility index (Phi) is 10.7. The Bertz CT molecular complexity index is 929. The fourth-order valence-electron chi connectivity index (χ4n) is 2.70. The third-order valence-electron chi connectivity index (χ3n) is 4.69. The van der Waals surface area contributed by atoms with Crippen LogP contribution in [0.2, 0.25) is 0 Å². The summed E-state index contributed by atoms with van der Waals surface area (Å²) < 4.78 is 11.2. The molecule has 0 bridgehead atoms. The van der Waals surface area contributed by atoms with Crippen LogP contribution in [-0.4, -0.2) is 99.5 Å². The lowest BCUT2D eigenvalue weighted by atomic mass is 10.2. The van der Waals surface area contributed by atoms with Crippen LogP contribution in [0.15, 0.2) is 46.4 Å². The molecular weight excluding hydrogens is 420 g/mol. The molecule has 0 amide bonds. The number of phenolic OH excluding ortho intramolecular Hbond substituents is 2. The second-order valence-electron chi connectivity index (χ2n) is 8.37. The molecule has 2 aromatic carbocycles.